The molecule has 7 heteroatoms. The van der Waals surface area contributed by atoms with E-state index >= 15 is 0 Å². The van der Waals surface area contributed by atoms with Crippen LogP contribution in [-0.2, 0) is 17.8 Å². The standard InChI is InChI=1S/C20H30N4O2S/c1-5-21-20(24-14-19-22-12-16(4)27-19)23-13-17-8-7-15(3)11-18(17)26-10-9-25-6-2/h7-8,11-12H,5-6,9-10,13-14H2,1-4H3,(H2,21,23,24). The molecule has 1 aromatic heterocycles. The third kappa shape index (κ3) is 7.56. The normalized spacial score (nSPS) is 11.5. The molecule has 0 aliphatic heterocycles. The molecule has 0 saturated carbocycles. The highest BCUT2D eigenvalue weighted by molar-refractivity contribution is 7.11. The lowest BCUT2D eigenvalue weighted by molar-refractivity contribution is 0.110. The number of hydrogen-bond acceptors (Lipinski definition) is 5. The first-order valence-corrected chi connectivity index (χ1v) is 10.2. The van der Waals surface area contributed by atoms with Gasteiger partial charge >= 0.3 is 0 Å². The van der Waals surface area contributed by atoms with Crippen molar-refractivity contribution >= 4 is 17.3 Å². The summed E-state index contributed by atoms with van der Waals surface area (Å²) in [5, 5.41) is 7.66. The second-order valence-corrected chi connectivity index (χ2v) is 7.39. The van der Waals surface area contributed by atoms with E-state index in [1.807, 2.05) is 13.1 Å². The Morgan fingerprint density at radius 3 is 2.74 bits per heavy atom. The van der Waals surface area contributed by atoms with Crippen LogP contribution in [0.25, 0.3) is 0 Å². The second kappa shape index (κ2) is 11.6. The van der Waals surface area contributed by atoms with Crippen LogP contribution in [0.15, 0.2) is 29.4 Å². The first-order valence-electron chi connectivity index (χ1n) is 9.36. The van der Waals surface area contributed by atoms with Gasteiger partial charge in [0.15, 0.2) is 5.96 Å². The van der Waals surface area contributed by atoms with Crippen molar-refractivity contribution < 1.29 is 9.47 Å². The Hall–Kier alpha value is -2.12. The van der Waals surface area contributed by atoms with Crippen LogP contribution in [-0.4, -0.2) is 37.3 Å². The average molecular weight is 391 g/mol. The van der Waals surface area contributed by atoms with Gasteiger partial charge in [0.1, 0.15) is 17.4 Å². The van der Waals surface area contributed by atoms with Crippen molar-refractivity contribution in [3.05, 3.63) is 45.4 Å². The van der Waals surface area contributed by atoms with Crippen molar-refractivity contribution in [1.29, 1.82) is 0 Å². The number of aliphatic imine (C=N–C) groups is 1. The number of rotatable bonds is 10. The Kier molecular flexibility index (Phi) is 9.07. The molecule has 2 aromatic rings. The van der Waals surface area contributed by atoms with Crippen LogP contribution >= 0.6 is 11.3 Å². The van der Waals surface area contributed by atoms with Gasteiger partial charge < -0.3 is 20.1 Å². The van der Waals surface area contributed by atoms with Gasteiger partial charge in [-0.1, -0.05) is 12.1 Å². The first kappa shape index (κ1) is 21.2. The Morgan fingerprint density at radius 1 is 1.19 bits per heavy atom. The van der Waals surface area contributed by atoms with Crippen molar-refractivity contribution in [2.75, 3.05) is 26.4 Å². The van der Waals surface area contributed by atoms with Crippen molar-refractivity contribution in [2.45, 2.75) is 40.8 Å². The van der Waals surface area contributed by atoms with Crippen LogP contribution in [0.4, 0.5) is 0 Å². The zero-order valence-electron chi connectivity index (χ0n) is 16.7. The van der Waals surface area contributed by atoms with E-state index in [-0.39, 0.29) is 0 Å². The van der Waals surface area contributed by atoms with Crippen LogP contribution in [0.2, 0.25) is 0 Å². The highest BCUT2D eigenvalue weighted by Crippen LogP contribution is 2.21. The summed E-state index contributed by atoms with van der Waals surface area (Å²) in [4.78, 5) is 10.3. The predicted octanol–water partition coefficient (Wildman–Crippen LogP) is 3.43. The van der Waals surface area contributed by atoms with Gasteiger partial charge in [-0.2, -0.15) is 0 Å². The van der Waals surface area contributed by atoms with Crippen LogP contribution in [0, 0.1) is 13.8 Å². The van der Waals surface area contributed by atoms with E-state index in [2.05, 4.69) is 54.6 Å². The Balaban J connectivity index is 2.00. The molecular weight excluding hydrogens is 360 g/mol. The molecule has 2 rings (SSSR count). The summed E-state index contributed by atoms with van der Waals surface area (Å²) >= 11 is 1.69. The smallest absolute Gasteiger partial charge is 0.191 e. The lowest BCUT2D eigenvalue weighted by Crippen LogP contribution is -2.36. The molecule has 1 aromatic carbocycles. The maximum absolute atomic E-state index is 5.90. The second-order valence-electron chi connectivity index (χ2n) is 6.07. The Morgan fingerprint density at radius 2 is 2.04 bits per heavy atom. The van der Waals surface area contributed by atoms with Gasteiger partial charge in [-0.3, -0.25) is 0 Å². The summed E-state index contributed by atoms with van der Waals surface area (Å²) in [5.41, 5.74) is 2.22. The summed E-state index contributed by atoms with van der Waals surface area (Å²) in [6, 6.07) is 6.21. The first-order chi connectivity index (χ1) is 13.1. The minimum atomic E-state index is 0.537. The van der Waals surface area contributed by atoms with E-state index in [0.717, 1.165) is 28.8 Å². The number of guanidine groups is 1. The molecule has 27 heavy (non-hydrogen) atoms. The zero-order chi connectivity index (χ0) is 19.5. The fourth-order valence-electron chi connectivity index (χ4n) is 2.43. The summed E-state index contributed by atoms with van der Waals surface area (Å²) < 4.78 is 11.3. The third-order valence-corrected chi connectivity index (χ3v) is 4.65. The molecule has 6 nitrogen and oxygen atoms in total. The van der Waals surface area contributed by atoms with E-state index in [9.17, 15) is 0 Å². The minimum absolute atomic E-state index is 0.537. The van der Waals surface area contributed by atoms with Crippen LogP contribution in [0.3, 0.4) is 0 Å². The molecule has 0 atom stereocenters. The third-order valence-electron chi connectivity index (χ3n) is 3.74. The van der Waals surface area contributed by atoms with Gasteiger partial charge in [0, 0.05) is 29.8 Å². The maximum Gasteiger partial charge on any atom is 0.191 e. The molecule has 0 unspecified atom stereocenters. The van der Waals surface area contributed by atoms with Gasteiger partial charge in [-0.25, -0.2) is 9.98 Å². The quantitative estimate of drug-likeness (QED) is 0.370. The molecule has 0 amide bonds. The van der Waals surface area contributed by atoms with Crippen LogP contribution in [0.1, 0.15) is 34.9 Å². The predicted molar refractivity (Wildman–Crippen MR) is 112 cm³/mol. The molecule has 2 N–H and O–H groups in total. The molecule has 1 heterocycles. The van der Waals surface area contributed by atoms with Crippen LogP contribution < -0.4 is 15.4 Å². The number of hydrogen-bond donors (Lipinski definition) is 2. The number of benzene rings is 1. The lowest BCUT2D eigenvalue weighted by atomic mass is 10.1. The van der Waals surface area contributed by atoms with Crippen LogP contribution in [0.5, 0.6) is 5.75 Å². The van der Waals surface area contributed by atoms with E-state index in [1.54, 1.807) is 11.3 Å². The lowest BCUT2D eigenvalue weighted by Gasteiger charge is -2.13. The summed E-state index contributed by atoms with van der Waals surface area (Å²) in [7, 11) is 0. The molecule has 148 valence electrons. The molecule has 0 radical (unpaired) electrons. The average Bonchev–Trinajstić information content (AvgIpc) is 3.07. The number of aromatic nitrogens is 1. The van der Waals surface area contributed by atoms with Crippen molar-refractivity contribution in [3.63, 3.8) is 0 Å². The number of ether oxygens (including phenoxy) is 2. The number of nitrogens with zero attached hydrogens (tertiary/aromatic N) is 2. The van der Waals surface area contributed by atoms with Gasteiger partial charge in [-0.05, 0) is 39.3 Å². The Labute approximate surface area is 166 Å². The maximum atomic E-state index is 5.90. The highest BCUT2D eigenvalue weighted by atomic mass is 32.1. The van der Waals surface area contributed by atoms with Crippen molar-refractivity contribution in [2.24, 2.45) is 4.99 Å². The Bertz CT molecular complexity index is 731. The topological polar surface area (TPSA) is 67.8 Å². The van der Waals surface area contributed by atoms with Gasteiger partial charge in [0.05, 0.1) is 19.7 Å². The van der Waals surface area contributed by atoms with Gasteiger partial charge in [0.2, 0.25) is 0 Å². The van der Waals surface area contributed by atoms with Crippen molar-refractivity contribution in [3.8, 4) is 5.75 Å². The molecule has 0 spiro atoms. The minimum Gasteiger partial charge on any atom is -0.491 e. The summed E-state index contributed by atoms with van der Waals surface area (Å²) in [5.74, 6) is 1.64. The largest absolute Gasteiger partial charge is 0.491 e. The number of thiazole rings is 1. The molecule has 0 saturated heterocycles. The van der Waals surface area contributed by atoms with E-state index in [4.69, 9.17) is 14.5 Å². The van der Waals surface area contributed by atoms with Gasteiger partial charge in [-0.15, -0.1) is 11.3 Å². The molecular formula is C20H30N4O2S. The van der Waals surface area contributed by atoms with Crippen molar-refractivity contribution in [1.82, 2.24) is 15.6 Å². The summed E-state index contributed by atoms with van der Waals surface area (Å²) in [6.45, 7) is 12.0. The summed E-state index contributed by atoms with van der Waals surface area (Å²) in [6.07, 6.45) is 1.89. The van der Waals surface area contributed by atoms with Gasteiger partial charge in [0.25, 0.3) is 0 Å². The van der Waals surface area contributed by atoms with E-state index in [0.29, 0.717) is 32.9 Å². The van der Waals surface area contributed by atoms with E-state index < -0.39 is 0 Å². The van der Waals surface area contributed by atoms with E-state index in [1.165, 1.54) is 10.4 Å². The highest BCUT2D eigenvalue weighted by Gasteiger charge is 2.06. The molecule has 0 aliphatic rings. The molecule has 0 bridgehead atoms. The SMILES string of the molecule is CCNC(=NCc1ccc(C)cc1OCCOCC)NCc1ncc(C)s1. The number of nitrogens with one attached hydrogen (secondary N) is 2. The fourth-order valence-corrected chi connectivity index (χ4v) is 3.16. The zero-order valence-corrected chi connectivity index (χ0v) is 17.5. The fraction of sp³-hybridized carbons (Fsp3) is 0.500. The number of aryl methyl sites for hydroxylation is 2. The molecule has 0 fully saturated rings. The molecule has 0 aliphatic carbocycles. The monoisotopic (exact) mass is 390 g/mol.